The fourth-order valence-corrected chi connectivity index (χ4v) is 3.70. The molecule has 0 aromatic rings. The molecule has 0 aliphatic heterocycles. The van der Waals surface area contributed by atoms with Crippen LogP contribution in [0, 0.1) is 22.2 Å². The molecule has 0 fully saturated rings. The fourth-order valence-electron chi connectivity index (χ4n) is 3.70. The van der Waals surface area contributed by atoms with E-state index in [0.29, 0.717) is 5.92 Å². The van der Waals surface area contributed by atoms with Crippen molar-refractivity contribution in [1.82, 2.24) is 0 Å². The summed E-state index contributed by atoms with van der Waals surface area (Å²) < 4.78 is 0. The zero-order valence-corrected chi connectivity index (χ0v) is 17.5. The van der Waals surface area contributed by atoms with Crippen LogP contribution in [0.15, 0.2) is 69.9 Å². The van der Waals surface area contributed by atoms with Gasteiger partial charge in [-0.3, -0.25) is 0 Å². The molecule has 0 heteroatoms. The van der Waals surface area contributed by atoms with Crippen molar-refractivity contribution < 1.29 is 0 Å². The molecule has 0 spiro atoms. The Morgan fingerprint density at radius 2 is 0.680 bits per heavy atom. The van der Waals surface area contributed by atoms with Crippen LogP contribution in [-0.4, -0.2) is 0 Å². The van der Waals surface area contributed by atoms with Crippen LogP contribution < -0.4 is 0 Å². The first-order valence-electron chi connectivity index (χ1n) is 9.58. The summed E-state index contributed by atoms with van der Waals surface area (Å²) in [6, 6.07) is 0. The summed E-state index contributed by atoms with van der Waals surface area (Å²) in [6.07, 6.45) is 14.6. The van der Waals surface area contributed by atoms with Crippen molar-refractivity contribution >= 4 is 0 Å². The van der Waals surface area contributed by atoms with Gasteiger partial charge in [-0.1, -0.05) is 98.8 Å². The van der Waals surface area contributed by atoms with Crippen LogP contribution in [0.4, 0.5) is 0 Å². The molecule has 0 amide bonds. The fraction of sp³-hybridized carbons (Fsp3) is 0.520. The molecule has 0 saturated carbocycles. The van der Waals surface area contributed by atoms with E-state index in [0.717, 1.165) is 0 Å². The Kier molecular flexibility index (Phi) is 3.99. The maximum absolute atomic E-state index is 2.44. The van der Waals surface area contributed by atoms with Gasteiger partial charge in [-0.15, -0.1) is 0 Å². The average molecular weight is 335 g/mol. The van der Waals surface area contributed by atoms with Crippen LogP contribution in [0.5, 0.6) is 0 Å². The molecule has 3 aliphatic rings. The van der Waals surface area contributed by atoms with E-state index >= 15 is 0 Å². The van der Waals surface area contributed by atoms with Crippen LogP contribution in [0.2, 0.25) is 0 Å². The van der Waals surface area contributed by atoms with Crippen LogP contribution >= 0.6 is 0 Å². The molecule has 0 bridgehead atoms. The van der Waals surface area contributed by atoms with Gasteiger partial charge in [-0.05, 0) is 49.7 Å². The summed E-state index contributed by atoms with van der Waals surface area (Å²) in [6.45, 7) is 20.8. The Balaban J connectivity index is 2.24. The zero-order chi connectivity index (χ0) is 18.8. The first-order valence-corrected chi connectivity index (χ1v) is 9.58. The predicted molar refractivity (Wildman–Crippen MR) is 110 cm³/mol. The summed E-state index contributed by atoms with van der Waals surface area (Å²) >= 11 is 0. The summed E-state index contributed by atoms with van der Waals surface area (Å²) in [5, 5.41) is 0. The summed E-state index contributed by atoms with van der Waals surface area (Å²) in [7, 11) is 0. The average Bonchev–Trinajstić information content (AvgIpc) is 2.43. The van der Waals surface area contributed by atoms with Crippen molar-refractivity contribution in [2.24, 2.45) is 22.2 Å². The number of hydrogen-bond acceptors (Lipinski definition) is 0. The maximum atomic E-state index is 2.44. The second-order valence-electron chi connectivity index (χ2n) is 10.9. The highest BCUT2D eigenvalue weighted by atomic mass is 14.4. The molecule has 0 radical (unpaired) electrons. The largest absolute Gasteiger partial charge is 0.0561 e. The monoisotopic (exact) mass is 334 g/mol. The molecule has 25 heavy (non-hydrogen) atoms. The minimum Gasteiger partial charge on any atom is -0.0561 e. The van der Waals surface area contributed by atoms with Gasteiger partial charge in [0.05, 0.1) is 0 Å². The number of allylic oxidation sites excluding steroid dienone is 12. The molecule has 0 atom stereocenters. The lowest BCUT2D eigenvalue weighted by atomic mass is 9.65. The quantitative estimate of drug-likeness (QED) is 0.434. The van der Waals surface area contributed by atoms with Gasteiger partial charge in [0.25, 0.3) is 0 Å². The smallest absolute Gasteiger partial charge is 0.0340 e. The normalized spacial score (nSPS) is 21.5. The minimum absolute atomic E-state index is 0.166. The van der Waals surface area contributed by atoms with E-state index in [-0.39, 0.29) is 16.2 Å². The molecule has 0 aromatic carbocycles. The Bertz CT molecular complexity index is 669. The van der Waals surface area contributed by atoms with Gasteiger partial charge in [-0.2, -0.15) is 0 Å². The summed E-state index contributed by atoms with van der Waals surface area (Å²) in [4.78, 5) is 0. The van der Waals surface area contributed by atoms with E-state index in [1.54, 1.807) is 0 Å². The van der Waals surface area contributed by atoms with E-state index in [4.69, 9.17) is 0 Å². The SMILES string of the molecule is CC(C)(C)C1=CC2=CC(C(C)(C)C)=CC3=CC(C(C)(C)C)=CC(=C1)C23. The highest BCUT2D eigenvalue weighted by Crippen LogP contribution is 2.49. The molecule has 3 rings (SSSR count). The lowest BCUT2D eigenvalue weighted by molar-refractivity contribution is 0.501. The van der Waals surface area contributed by atoms with Crippen LogP contribution in [0.1, 0.15) is 62.3 Å². The van der Waals surface area contributed by atoms with Crippen molar-refractivity contribution in [3.8, 4) is 0 Å². The topological polar surface area (TPSA) is 0 Å². The first-order chi connectivity index (χ1) is 11.3. The Labute approximate surface area is 154 Å². The van der Waals surface area contributed by atoms with E-state index in [2.05, 4.69) is 98.8 Å². The molecule has 0 unspecified atom stereocenters. The van der Waals surface area contributed by atoms with Crippen LogP contribution in [0.25, 0.3) is 0 Å². The second-order valence-corrected chi connectivity index (χ2v) is 10.9. The second kappa shape index (κ2) is 5.47. The van der Waals surface area contributed by atoms with Crippen molar-refractivity contribution in [1.29, 1.82) is 0 Å². The predicted octanol–water partition coefficient (Wildman–Crippen LogP) is 7.34. The highest BCUT2D eigenvalue weighted by Gasteiger charge is 2.35. The van der Waals surface area contributed by atoms with E-state index in [9.17, 15) is 0 Å². The molecule has 0 aromatic heterocycles. The first kappa shape index (κ1) is 18.2. The molecule has 0 N–H and O–H groups in total. The molecule has 3 aliphatic carbocycles. The third kappa shape index (κ3) is 3.41. The van der Waals surface area contributed by atoms with E-state index in [1.165, 1.54) is 33.4 Å². The van der Waals surface area contributed by atoms with Crippen molar-refractivity contribution in [2.45, 2.75) is 62.3 Å². The Morgan fingerprint density at radius 1 is 0.440 bits per heavy atom. The lowest BCUT2D eigenvalue weighted by Gasteiger charge is -2.39. The van der Waals surface area contributed by atoms with Gasteiger partial charge in [0, 0.05) is 5.92 Å². The molecule has 134 valence electrons. The molecule has 0 heterocycles. The number of rotatable bonds is 0. The van der Waals surface area contributed by atoms with Gasteiger partial charge in [0.1, 0.15) is 0 Å². The Morgan fingerprint density at radius 3 is 0.880 bits per heavy atom. The number of hydrogen-bond donors (Lipinski definition) is 0. The van der Waals surface area contributed by atoms with Crippen LogP contribution in [0.3, 0.4) is 0 Å². The third-order valence-electron chi connectivity index (χ3n) is 5.53. The Hall–Kier alpha value is -1.56. The molecular weight excluding hydrogens is 300 g/mol. The zero-order valence-electron chi connectivity index (χ0n) is 17.5. The van der Waals surface area contributed by atoms with Gasteiger partial charge < -0.3 is 0 Å². The summed E-state index contributed by atoms with van der Waals surface area (Å²) in [5.74, 6) is 0.420. The van der Waals surface area contributed by atoms with Crippen LogP contribution in [-0.2, 0) is 0 Å². The van der Waals surface area contributed by atoms with Gasteiger partial charge in [0.15, 0.2) is 0 Å². The lowest BCUT2D eigenvalue weighted by Crippen LogP contribution is -2.25. The van der Waals surface area contributed by atoms with Gasteiger partial charge >= 0.3 is 0 Å². The molecule has 0 saturated heterocycles. The van der Waals surface area contributed by atoms with Crippen molar-refractivity contribution in [3.63, 3.8) is 0 Å². The van der Waals surface area contributed by atoms with Gasteiger partial charge in [-0.25, -0.2) is 0 Å². The van der Waals surface area contributed by atoms with E-state index in [1.807, 2.05) is 0 Å². The van der Waals surface area contributed by atoms with Gasteiger partial charge in [0.2, 0.25) is 0 Å². The third-order valence-corrected chi connectivity index (χ3v) is 5.53. The highest BCUT2D eigenvalue weighted by molar-refractivity contribution is 5.64. The minimum atomic E-state index is 0.166. The van der Waals surface area contributed by atoms with Crippen molar-refractivity contribution in [3.05, 3.63) is 69.9 Å². The summed E-state index contributed by atoms with van der Waals surface area (Å²) in [5.41, 5.74) is 9.19. The maximum Gasteiger partial charge on any atom is 0.0340 e. The molecule has 0 nitrogen and oxygen atoms in total. The molecular formula is C25H34. The van der Waals surface area contributed by atoms with Crippen molar-refractivity contribution in [2.75, 3.05) is 0 Å². The van der Waals surface area contributed by atoms with E-state index < -0.39 is 0 Å². The standard InChI is InChI=1S/C25H34/c1-23(2,3)19-10-16-12-20(24(4,5)6)14-18-15-21(25(7,8)9)13-17(11-19)22(16)18/h10-15,22H,1-9H3.